The number of aromatic nitrogens is 1. The number of allylic oxidation sites excluding steroid dienone is 3. The Labute approximate surface area is 136 Å². The molecule has 2 aromatic rings. The molecule has 2 aliphatic heterocycles. The fourth-order valence-corrected chi connectivity index (χ4v) is 3.60. The molecule has 1 aromatic heterocycles. The molecule has 1 fully saturated rings. The molecular weight excluding hydrogens is 282 g/mol. The Morgan fingerprint density at radius 1 is 1.04 bits per heavy atom. The van der Waals surface area contributed by atoms with Gasteiger partial charge in [-0.2, -0.15) is 0 Å². The molecule has 3 heterocycles. The van der Waals surface area contributed by atoms with Crippen molar-refractivity contribution >= 4 is 16.6 Å². The molecule has 116 valence electrons. The molecule has 1 saturated heterocycles. The van der Waals surface area contributed by atoms with E-state index in [1.807, 2.05) is 36.7 Å². The van der Waals surface area contributed by atoms with Gasteiger partial charge in [-0.05, 0) is 49.8 Å². The third-order valence-corrected chi connectivity index (χ3v) is 4.77. The molecule has 1 unspecified atom stereocenters. The van der Waals surface area contributed by atoms with Crippen molar-refractivity contribution in [1.29, 1.82) is 0 Å². The van der Waals surface area contributed by atoms with E-state index in [0.29, 0.717) is 0 Å². The van der Waals surface area contributed by atoms with Gasteiger partial charge in [0, 0.05) is 41.3 Å². The second-order valence-electron chi connectivity index (χ2n) is 6.22. The van der Waals surface area contributed by atoms with E-state index in [1.165, 1.54) is 48.1 Å². The predicted octanol–water partition coefficient (Wildman–Crippen LogP) is 4.24. The van der Waals surface area contributed by atoms with Crippen LogP contribution in [-0.2, 0) is 0 Å². The van der Waals surface area contributed by atoms with Crippen LogP contribution in [0.1, 0.15) is 25.7 Å². The molecule has 3 nitrogen and oxygen atoms in total. The summed E-state index contributed by atoms with van der Waals surface area (Å²) < 4.78 is 0. The number of hydrogen-bond donors (Lipinski definition) is 1. The lowest BCUT2D eigenvalue weighted by atomic mass is 9.81. The van der Waals surface area contributed by atoms with Crippen LogP contribution in [0.3, 0.4) is 0 Å². The quantitative estimate of drug-likeness (QED) is 0.790. The van der Waals surface area contributed by atoms with Crippen molar-refractivity contribution < 1.29 is 0 Å². The fourth-order valence-electron chi connectivity index (χ4n) is 3.60. The summed E-state index contributed by atoms with van der Waals surface area (Å²) in [6, 6.07) is 12.1. The molecule has 0 radical (unpaired) electrons. The Morgan fingerprint density at radius 3 is 2.91 bits per heavy atom. The monoisotopic (exact) mass is 303 g/mol. The zero-order valence-electron chi connectivity index (χ0n) is 13.2. The van der Waals surface area contributed by atoms with Crippen molar-refractivity contribution in [3.8, 4) is 0 Å². The number of nitrogens with zero attached hydrogens (tertiary/aromatic N) is 2. The Bertz CT molecular complexity index is 736. The molecule has 0 bridgehead atoms. The van der Waals surface area contributed by atoms with Crippen LogP contribution in [0.4, 0.5) is 0 Å². The normalized spacial score (nSPS) is 21.7. The van der Waals surface area contributed by atoms with E-state index in [0.717, 1.165) is 18.0 Å². The zero-order chi connectivity index (χ0) is 15.5. The highest BCUT2D eigenvalue weighted by atomic mass is 14.9. The lowest BCUT2D eigenvalue weighted by molar-refractivity contribution is 0.417. The Balaban J connectivity index is 0.000000122. The lowest BCUT2D eigenvalue weighted by Gasteiger charge is -2.32. The maximum absolute atomic E-state index is 4.39. The van der Waals surface area contributed by atoms with Gasteiger partial charge in [-0.3, -0.25) is 9.98 Å². The second kappa shape index (κ2) is 6.37. The maximum atomic E-state index is 4.39. The first-order chi connectivity index (χ1) is 11.4. The van der Waals surface area contributed by atoms with Gasteiger partial charge in [-0.1, -0.05) is 24.3 Å². The minimum atomic E-state index is 0.797. The van der Waals surface area contributed by atoms with Crippen LogP contribution in [0.5, 0.6) is 0 Å². The molecule has 23 heavy (non-hydrogen) atoms. The summed E-state index contributed by atoms with van der Waals surface area (Å²) >= 11 is 0. The molecule has 3 aliphatic rings. The number of benzene rings is 1. The SMILES string of the molecule is C1=CC2=C3NCCCC3CCC2=N1.c1ccc2ncccc2c1. The minimum Gasteiger partial charge on any atom is -0.388 e. The van der Waals surface area contributed by atoms with E-state index in [1.54, 1.807) is 0 Å². The van der Waals surface area contributed by atoms with Gasteiger partial charge in [0.15, 0.2) is 0 Å². The molecule has 1 N–H and O–H groups in total. The van der Waals surface area contributed by atoms with Crippen LogP contribution in [0, 0.1) is 5.92 Å². The first-order valence-electron chi connectivity index (χ1n) is 8.43. The number of para-hydroxylation sites is 1. The molecular formula is C20H21N3. The standard InChI is InChI=1S/C11H14N2.C9H7N/c1-2-8-3-4-10-9(5-7-12-10)11(8)13-6-1;1-2-6-9-8(4-1)5-3-7-10-9/h5,7-8,13H,1-4,6H2;1-7H. The van der Waals surface area contributed by atoms with Crippen molar-refractivity contribution in [2.24, 2.45) is 10.9 Å². The van der Waals surface area contributed by atoms with Gasteiger partial charge in [0.2, 0.25) is 0 Å². The molecule has 1 aliphatic carbocycles. The van der Waals surface area contributed by atoms with E-state index in [-0.39, 0.29) is 0 Å². The highest BCUT2D eigenvalue weighted by molar-refractivity contribution is 6.06. The highest BCUT2D eigenvalue weighted by Crippen LogP contribution is 2.34. The van der Waals surface area contributed by atoms with Crippen LogP contribution in [-0.4, -0.2) is 17.2 Å². The number of aliphatic imine (C=N–C) groups is 1. The predicted molar refractivity (Wildman–Crippen MR) is 95.3 cm³/mol. The van der Waals surface area contributed by atoms with Gasteiger partial charge < -0.3 is 5.32 Å². The van der Waals surface area contributed by atoms with Gasteiger partial charge in [0.25, 0.3) is 0 Å². The first-order valence-corrected chi connectivity index (χ1v) is 8.43. The van der Waals surface area contributed by atoms with Gasteiger partial charge in [0.1, 0.15) is 0 Å². The summed E-state index contributed by atoms with van der Waals surface area (Å²) in [7, 11) is 0. The van der Waals surface area contributed by atoms with Crippen molar-refractivity contribution in [3.63, 3.8) is 0 Å². The van der Waals surface area contributed by atoms with E-state index in [2.05, 4.69) is 33.5 Å². The molecule has 3 heteroatoms. The zero-order valence-corrected chi connectivity index (χ0v) is 13.2. The van der Waals surface area contributed by atoms with Crippen LogP contribution in [0.15, 0.2) is 71.1 Å². The van der Waals surface area contributed by atoms with Gasteiger partial charge in [-0.15, -0.1) is 0 Å². The van der Waals surface area contributed by atoms with Gasteiger partial charge >= 0.3 is 0 Å². The van der Waals surface area contributed by atoms with E-state index < -0.39 is 0 Å². The first kappa shape index (κ1) is 14.2. The van der Waals surface area contributed by atoms with Crippen molar-refractivity contribution in [1.82, 2.24) is 10.3 Å². The minimum absolute atomic E-state index is 0.797. The average Bonchev–Trinajstić information content (AvgIpc) is 3.12. The molecule has 0 amide bonds. The van der Waals surface area contributed by atoms with Gasteiger partial charge in [0.05, 0.1) is 5.52 Å². The number of fused-ring (bicyclic) bond motifs is 3. The summed E-state index contributed by atoms with van der Waals surface area (Å²) in [5, 5.41) is 4.74. The summed E-state index contributed by atoms with van der Waals surface area (Å²) in [5.41, 5.74) is 5.24. The summed E-state index contributed by atoms with van der Waals surface area (Å²) in [6.45, 7) is 1.15. The third-order valence-electron chi connectivity index (χ3n) is 4.77. The Morgan fingerprint density at radius 2 is 1.96 bits per heavy atom. The summed E-state index contributed by atoms with van der Waals surface area (Å²) in [4.78, 5) is 8.57. The summed E-state index contributed by atoms with van der Waals surface area (Å²) in [6.07, 6.45) is 11.1. The Hall–Kier alpha value is -2.42. The Kier molecular flexibility index (Phi) is 3.93. The number of nitrogens with one attached hydrogen (secondary N) is 1. The molecule has 0 spiro atoms. The number of hydrogen-bond acceptors (Lipinski definition) is 3. The van der Waals surface area contributed by atoms with E-state index >= 15 is 0 Å². The van der Waals surface area contributed by atoms with Crippen LogP contribution in [0.2, 0.25) is 0 Å². The van der Waals surface area contributed by atoms with Crippen molar-refractivity contribution in [2.45, 2.75) is 25.7 Å². The topological polar surface area (TPSA) is 37.3 Å². The molecule has 5 rings (SSSR count). The van der Waals surface area contributed by atoms with Crippen LogP contribution >= 0.6 is 0 Å². The maximum Gasteiger partial charge on any atom is 0.0701 e. The fraction of sp³-hybridized carbons (Fsp3) is 0.300. The van der Waals surface area contributed by atoms with Gasteiger partial charge in [-0.25, -0.2) is 0 Å². The number of piperidine rings is 1. The average molecular weight is 303 g/mol. The largest absolute Gasteiger partial charge is 0.388 e. The van der Waals surface area contributed by atoms with Crippen molar-refractivity contribution in [2.75, 3.05) is 6.54 Å². The smallest absolute Gasteiger partial charge is 0.0701 e. The summed E-state index contributed by atoms with van der Waals surface area (Å²) in [5.74, 6) is 0.797. The lowest BCUT2D eigenvalue weighted by Crippen LogP contribution is -2.33. The molecule has 1 aromatic carbocycles. The highest BCUT2D eigenvalue weighted by Gasteiger charge is 2.28. The molecule has 0 saturated carbocycles. The van der Waals surface area contributed by atoms with Crippen LogP contribution < -0.4 is 5.32 Å². The van der Waals surface area contributed by atoms with E-state index in [4.69, 9.17) is 0 Å². The number of rotatable bonds is 0. The second-order valence-corrected chi connectivity index (χ2v) is 6.22. The van der Waals surface area contributed by atoms with E-state index in [9.17, 15) is 0 Å². The number of pyridine rings is 1. The third kappa shape index (κ3) is 2.91. The molecule has 1 atom stereocenters. The van der Waals surface area contributed by atoms with Crippen LogP contribution in [0.25, 0.3) is 10.9 Å². The van der Waals surface area contributed by atoms with Crippen molar-refractivity contribution in [3.05, 3.63) is 66.1 Å².